The van der Waals surface area contributed by atoms with Crippen LogP contribution >= 0.6 is 0 Å². The van der Waals surface area contributed by atoms with E-state index in [-0.39, 0.29) is 30.5 Å². The van der Waals surface area contributed by atoms with E-state index >= 15 is 0 Å². The molecule has 0 radical (unpaired) electrons. The van der Waals surface area contributed by atoms with Crippen molar-refractivity contribution in [3.05, 3.63) is 46.3 Å². The lowest BCUT2D eigenvalue weighted by Crippen LogP contribution is -2.36. The van der Waals surface area contributed by atoms with Crippen LogP contribution in [0.5, 0.6) is 11.5 Å². The molecular formula is C22H28N2O6. The third kappa shape index (κ3) is 4.64. The summed E-state index contributed by atoms with van der Waals surface area (Å²) in [5.74, 6) is -0.179. The molecule has 162 valence electrons. The minimum atomic E-state index is -0.511. The lowest BCUT2D eigenvalue weighted by Gasteiger charge is -2.21. The molecule has 1 amide bonds. The van der Waals surface area contributed by atoms with Crippen LogP contribution in [0, 0.1) is 13.8 Å². The van der Waals surface area contributed by atoms with Gasteiger partial charge in [-0.25, -0.2) is 4.79 Å². The lowest BCUT2D eigenvalue weighted by molar-refractivity contribution is 0.0519. The summed E-state index contributed by atoms with van der Waals surface area (Å²) < 4.78 is 15.5. The minimum absolute atomic E-state index is 0.133. The van der Waals surface area contributed by atoms with Crippen molar-refractivity contribution in [2.75, 3.05) is 33.9 Å². The average molecular weight is 416 g/mol. The number of rotatable bonds is 9. The van der Waals surface area contributed by atoms with Gasteiger partial charge in [0.25, 0.3) is 5.91 Å². The number of aryl methyl sites for hydroxylation is 1. The molecule has 1 heterocycles. The van der Waals surface area contributed by atoms with Crippen LogP contribution in [0.25, 0.3) is 0 Å². The number of aromatic nitrogens is 1. The molecule has 8 nitrogen and oxygen atoms in total. The molecule has 0 fully saturated rings. The average Bonchev–Trinajstić information content (AvgIpc) is 3.05. The number of likely N-dealkylation sites (N-methyl/N-ethyl adjacent to an activating group) is 1. The summed E-state index contributed by atoms with van der Waals surface area (Å²) in [6, 6.07) is 4.89. The fraction of sp³-hybridized carbons (Fsp3) is 0.409. The molecule has 2 aromatic rings. The second-order valence-electron chi connectivity index (χ2n) is 6.65. The van der Waals surface area contributed by atoms with Gasteiger partial charge in [-0.1, -0.05) is 0 Å². The van der Waals surface area contributed by atoms with E-state index in [2.05, 4.69) is 4.98 Å². The number of hydrogen-bond donors (Lipinski definition) is 1. The van der Waals surface area contributed by atoms with Gasteiger partial charge in [0.15, 0.2) is 5.78 Å². The SMILES string of the molecule is CCOC(=O)c1[nH]c(C)c(C(=O)CN(CC)C(=O)c2ccc(OC)cc2OC)c1C. The third-order valence-corrected chi connectivity index (χ3v) is 4.84. The van der Waals surface area contributed by atoms with E-state index < -0.39 is 5.97 Å². The molecule has 1 N–H and O–H groups in total. The number of nitrogens with zero attached hydrogens (tertiary/aromatic N) is 1. The van der Waals surface area contributed by atoms with Crippen molar-refractivity contribution in [2.24, 2.45) is 0 Å². The fourth-order valence-electron chi connectivity index (χ4n) is 3.30. The second kappa shape index (κ2) is 9.96. The Morgan fingerprint density at radius 1 is 1.07 bits per heavy atom. The highest BCUT2D eigenvalue weighted by Gasteiger charge is 2.26. The molecule has 2 rings (SSSR count). The van der Waals surface area contributed by atoms with E-state index in [4.69, 9.17) is 14.2 Å². The van der Waals surface area contributed by atoms with Crippen LogP contribution in [0.15, 0.2) is 18.2 Å². The molecule has 0 aliphatic rings. The molecule has 0 aliphatic heterocycles. The van der Waals surface area contributed by atoms with Gasteiger partial charge in [0.2, 0.25) is 0 Å². The van der Waals surface area contributed by atoms with E-state index in [1.54, 1.807) is 45.9 Å². The zero-order valence-corrected chi connectivity index (χ0v) is 18.3. The number of hydrogen-bond acceptors (Lipinski definition) is 6. The number of H-pyrrole nitrogens is 1. The number of methoxy groups -OCH3 is 2. The van der Waals surface area contributed by atoms with Crippen molar-refractivity contribution in [1.29, 1.82) is 0 Å². The van der Waals surface area contributed by atoms with Gasteiger partial charge in [-0.3, -0.25) is 9.59 Å². The highest BCUT2D eigenvalue weighted by molar-refractivity contribution is 6.06. The molecule has 0 unspecified atom stereocenters. The molecule has 1 aromatic carbocycles. The monoisotopic (exact) mass is 416 g/mol. The van der Waals surface area contributed by atoms with Crippen LogP contribution < -0.4 is 9.47 Å². The zero-order chi connectivity index (χ0) is 22.4. The van der Waals surface area contributed by atoms with E-state index in [1.165, 1.54) is 19.1 Å². The van der Waals surface area contributed by atoms with Crippen molar-refractivity contribution in [2.45, 2.75) is 27.7 Å². The van der Waals surface area contributed by atoms with Gasteiger partial charge in [0.05, 0.1) is 32.9 Å². The van der Waals surface area contributed by atoms with Crippen molar-refractivity contribution in [1.82, 2.24) is 9.88 Å². The molecule has 0 saturated heterocycles. The maximum atomic E-state index is 13.1. The Labute approximate surface area is 176 Å². The van der Waals surface area contributed by atoms with E-state index in [1.807, 2.05) is 0 Å². The molecule has 0 bridgehead atoms. The van der Waals surface area contributed by atoms with E-state index in [0.29, 0.717) is 40.4 Å². The first-order chi connectivity index (χ1) is 14.3. The minimum Gasteiger partial charge on any atom is -0.497 e. The van der Waals surface area contributed by atoms with Crippen molar-refractivity contribution >= 4 is 17.7 Å². The van der Waals surface area contributed by atoms with Gasteiger partial charge in [-0.15, -0.1) is 0 Å². The molecule has 0 spiro atoms. The second-order valence-corrected chi connectivity index (χ2v) is 6.65. The van der Waals surface area contributed by atoms with Crippen LogP contribution in [0.2, 0.25) is 0 Å². The summed E-state index contributed by atoms with van der Waals surface area (Å²) in [7, 11) is 3.00. The van der Waals surface area contributed by atoms with E-state index in [0.717, 1.165) is 0 Å². The zero-order valence-electron chi connectivity index (χ0n) is 18.3. The number of carbonyl (C=O) groups excluding carboxylic acids is 3. The Kier molecular flexibility index (Phi) is 7.63. The van der Waals surface area contributed by atoms with Crippen LogP contribution in [0.4, 0.5) is 0 Å². The van der Waals surface area contributed by atoms with Crippen LogP contribution in [-0.2, 0) is 4.74 Å². The van der Waals surface area contributed by atoms with Gasteiger partial charge >= 0.3 is 5.97 Å². The van der Waals surface area contributed by atoms with Crippen LogP contribution in [0.1, 0.15) is 56.3 Å². The number of nitrogens with one attached hydrogen (secondary N) is 1. The number of carbonyl (C=O) groups is 3. The Balaban J connectivity index is 2.29. The molecule has 30 heavy (non-hydrogen) atoms. The van der Waals surface area contributed by atoms with Crippen LogP contribution in [-0.4, -0.2) is 61.5 Å². The smallest absolute Gasteiger partial charge is 0.355 e. The Morgan fingerprint density at radius 3 is 2.33 bits per heavy atom. The first kappa shape index (κ1) is 23.0. The number of amides is 1. The highest BCUT2D eigenvalue weighted by Crippen LogP contribution is 2.26. The molecule has 1 aromatic heterocycles. The van der Waals surface area contributed by atoms with Crippen molar-refractivity contribution in [3.63, 3.8) is 0 Å². The molecular weight excluding hydrogens is 388 g/mol. The summed E-state index contributed by atoms with van der Waals surface area (Å²) in [4.78, 5) is 42.5. The molecule has 0 atom stereocenters. The first-order valence-corrected chi connectivity index (χ1v) is 9.69. The van der Waals surface area contributed by atoms with Gasteiger partial charge in [-0.2, -0.15) is 0 Å². The summed E-state index contributed by atoms with van der Waals surface area (Å²) in [5, 5.41) is 0. The standard InChI is InChI=1S/C22H28N2O6/c1-7-24(21(26)16-10-9-15(28-5)11-18(16)29-6)12-17(25)19-13(3)20(23-14(19)4)22(27)30-8-2/h9-11,23H,7-8,12H2,1-6H3. The number of aromatic amines is 1. The third-order valence-electron chi connectivity index (χ3n) is 4.84. The summed E-state index contributed by atoms with van der Waals surface area (Å²) in [5.41, 5.74) is 2.06. The van der Waals surface area contributed by atoms with Crippen LogP contribution in [0.3, 0.4) is 0 Å². The molecule has 8 heteroatoms. The molecule has 0 aliphatic carbocycles. The first-order valence-electron chi connectivity index (χ1n) is 9.69. The number of benzene rings is 1. The fourth-order valence-corrected chi connectivity index (χ4v) is 3.30. The predicted octanol–water partition coefficient (Wildman–Crippen LogP) is 3.17. The predicted molar refractivity (Wildman–Crippen MR) is 112 cm³/mol. The van der Waals surface area contributed by atoms with Crippen molar-refractivity contribution < 1.29 is 28.6 Å². The lowest BCUT2D eigenvalue weighted by atomic mass is 10.0. The Morgan fingerprint density at radius 2 is 1.77 bits per heavy atom. The van der Waals surface area contributed by atoms with Gasteiger partial charge in [0, 0.05) is 23.9 Å². The number of ketones is 1. The van der Waals surface area contributed by atoms with E-state index in [9.17, 15) is 14.4 Å². The largest absolute Gasteiger partial charge is 0.497 e. The van der Waals surface area contributed by atoms with Gasteiger partial charge in [0.1, 0.15) is 17.2 Å². The summed E-state index contributed by atoms with van der Waals surface area (Å²) >= 11 is 0. The Bertz CT molecular complexity index is 947. The van der Waals surface area contributed by atoms with Crippen molar-refractivity contribution in [3.8, 4) is 11.5 Å². The summed E-state index contributed by atoms with van der Waals surface area (Å²) in [6.07, 6.45) is 0. The number of Topliss-reactive ketones (excluding diaryl/α,β-unsaturated/α-hetero) is 1. The maximum Gasteiger partial charge on any atom is 0.355 e. The van der Waals surface area contributed by atoms with Gasteiger partial charge in [-0.05, 0) is 45.4 Å². The highest BCUT2D eigenvalue weighted by atomic mass is 16.5. The number of esters is 1. The quantitative estimate of drug-likeness (QED) is 0.498. The number of ether oxygens (including phenoxy) is 3. The normalized spacial score (nSPS) is 10.5. The maximum absolute atomic E-state index is 13.1. The summed E-state index contributed by atoms with van der Waals surface area (Å²) in [6.45, 7) is 7.34. The Hall–Kier alpha value is -3.29. The van der Waals surface area contributed by atoms with Gasteiger partial charge < -0.3 is 24.1 Å². The topological polar surface area (TPSA) is 97.9 Å². The molecule has 0 saturated carbocycles.